The van der Waals surface area contributed by atoms with Gasteiger partial charge in [0.25, 0.3) is 0 Å². The fourth-order valence-electron chi connectivity index (χ4n) is 1.63. The molecule has 2 aromatic rings. The van der Waals surface area contributed by atoms with E-state index in [9.17, 15) is 18.3 Å². The number of halogens is 3. The quantitative estimate of drug-likeness (QED) is 0.909. The summed E-state index contributed by atoms with van der Waals surface area (Å²) in [6.45, 7) is 1.66. The minimum absolute atomic E-state index is 0.0675. The third-order valence-corrected chi connectivity index (χ3v) is 3.48. The molecule has 0 aliphatic carbocycles. The molecule has 0 amide bonds. The van der Waals surface area contributed by atoms with Crippen LogP contribution in [0, 0.1) is 0 Å². The van der Waals surface area contributed by atoms with Crippen LogP contribution < -0.4 is 5.32 Å². The largest absolute Gasteiger partial charge is 0.433 e. The van der Waals surface area contributed by atoms with Crippen molar-refractivity contribution in [2.45, 2.75) is 18.7 Å². The SMILES string of the molecule is CC(O)(CNc1cccc(C(F)(F)F)n1)c1ccsc1. The summed E-state index contributed by atoms with van der Waals surface area (Å²) in [6.07, 6.45) is -4.48. The summed E-state index contributed by atoms with van der Waals surface area (Å²) < 4.78 is 37.6. The van der Waals surface area contributed by atoms with E-state index in [4.69, 9.17) is 0 Å². The molecule has 20 heavy (non-hydrogen) atoms. The Hall–Kier alpha value is -1.60. The highest BCUT2D eigenvalue weighted by molar-refractivity contribution is 7.08. The molecule has 7 heteroatoms. The number of pyridine rings is 1. The first-order chi connectivity index (χ1) is 9.29. The van der Waals surface area contributed by atoms with Crippen LogP contribution >= 0.6 is 11.3 Å². The molecule has 0 radical (unpaired) electrons. The molecule has 0 aliphatic heterocycles. The summed E-state index contributed by atoms with van der Waals surface area (Å²) in [5.74, 6) is 0.0790. The van der Waals surface area contributed by atoms with E-state index < -0.39 is 17.5 Å². The zero-order valence-electron chi connectivity index (χ0n) is 10.6. The maximum absolute atomic E-state index is 12.5. The highest BCUT2D eigenvalue weighted by Gasteiger charge is 2.32. The van der Waals surface area contributed by atoms with Gasteiger partial charge in [0.2, 0.25) is 0 Å². The molecule has 0 fully saturated rings. The first-order valence-electron chi connectivity index (χ1n) is 5.82. The smallest absolute Gasteiger partial charge is 0.384 e. The van der Waals surface area contributed by atoms with Gasteiger partial charge in [-0.3, -0.25) is 0 Å². The van der Waals surface area contributed by atoms with Crippen LogP contribution in [0.1, 0.15) is 18.2 Å². The fourth-order valence-corrected chi connectivity index (χ4v) is 2.41. The number of hydrogen-bond acceptors (Lipinski definition) is 4. The second-order valence-corrected chi connectivity index (χ2v) is 5.33. The number of nitrogens with zero attached hydrogens (tertiary/aromatic N) is 1. The summed E-state index contributed by atoms with van der Waals surface area (Å²) in [7, 11) is 0. The van der Waals surface area contributed by atoms with Crippen molar-refractivity contribution in [2.75, 3.05) is 11.9 Å². The van der Waals surface area contributed by atoms with Crippen molar-refractivity contribution >= 4 is 17.2 Å². The molecule has 1 atom stereocenters. The Morgan fingerprint density at radius 3 is 2.65 bits per heavy atom. The van der Waals surface area contributed by atoms with Crippen LogP contribution in [0.15, 0.2) is 35.0 Å². The number of thiophene rings is 1. The number of nitrogens with one attached hydrogen (secondary N) is 1. The van der Waals surface area contributed by atoms with E-state index in [0.29, 0.717) is 5.56 Å². The predicted octanol–water partition coefficient (Wildman–Crippen LogP) is 3.48. The first kappa shape index (κ1) is 14.8. The number of anilines is 1. The average molecular weight is 302 g/mol. The third kappa shape index (κ3) is 3.49. The van der Waals surface area contributed by atoms with Crippen molar-refractivity contribution in [2.24, 2.45) is 0 Å². The van der Waals surface area contributed by atoms with Crippen LogP contribution in [0.2, 0.25) is 0 Å². The van der Waals surface area contributed by atoms with Crippen LogP contribution in [0.25, 0.3) is 0 Å². The van der Waals surface area contributed by atoms with Crippen molar-refractivity contribution < 1.29 is 18.3 Å². The van der Waals surface area contributed by atoms with Gasteiger partial charge in [-0.05, 0) is 41.4 Å². The Morgan fingerprint density at radius 2 is 2.05 bits per heavy atom. The molecule has 0 bridgehead atoms. The van der Waals surface area contributed by atoms with Gasteiger partial charge >= 0.3 is 6.18 Å². The van der Waals surface area contributed by atoms with Gasteiger partial charge in [0, 0.05) is 6.54 Å². The second-order valence-electron chi connectivity index (χ2n) is 4.55. The summed E-state index contributed by atoms with van der Waals surface area (Å²) >= 11 is 1.44. The highest BCUT2D eigenvalue weighted by Crippen LogP contribution is 2.28. The maximum atomic E-state index is 12.5. The summed E-state index contributed by atoms with van der Waals surface area (Å²) in [6, 6.07) is 5.38. The van der Waals surface area contributed by atoms with E-state index in [1.54, 1.807) is 18.4 Å². The molecule has 3 nitrogen and oxygen atoms in total. The zero-order valence-corrected chi connectivity index (χ0v) is 11.4. The third-order valence-electron chi connectivity index (χ3n) is 2.80. The van der Waals surface area contributed by atoms with Gasteiger partial charge in [-0.1, -0.05) is 6.07 Å². The molecule has 0 aliphatic rings. The number of rotatable bonds is 4. The van der Waals surface area contributed by atoms with Gasteiger partial charge in [0.05, 0.1) is 0 Å². The Kier molecular flexibility index (Phi) is 4.01. The molecule has 2 N–H and O–H groups in total. The molecule has 108 valence electrons. The van der Waals surface area contributed by atoms with Crippen LogP contribution in [0.4, 0.5) is 19.0 Å². The van der Waals surface area contributed by atoms with Crippen LogP contribution in [0.3, 0.4) is 0 Å². The molecule has 0 spiro atoms. The van der Waals surface area contributed by atoms with Crippen molar-refractivity contribution in [3.63, 3.8) is 0 Å². The number of hydrogen-bond donors (Lipinski definition) is 2. The molecule has 0 saturated heterocycles. The van der Waals surface area contributed by atoms with Gasteiger partial charge in [-0.25, -0.2) is 4.98 Å². The Morgan fingerprint density at radius 1 is 1.30 bits per heavy atom. The number of alkyl halides is 3. The normalized spacial score (nSPS) is 14.8. The van der Waals surface area contributed by atoms with E-state index >= 15 is 0 Å². The van der Waals surface area contributed by atoms with Crippen molar-refractivity contribution in [3.05, 3.63) is 46.3 Å². The average Bonchev–Trinajstić information content (AvgIpc) is 2.90. The number of aliphatic hydroxyl groups is 1. The van der Waals surface area contributed by atoms with Crippen molar-refractivity contribution in [1.29, 1.82) is 0 Å². The Balaban J connectivity index is 2.08. The number of aromatic nitrogens is 1. The highest BCUT2D eigenvalue weighted by atomic mass is 32.1. The fraction of sp³-hybridized carbons (Fsp3) is 0.308. The molecular weight excluding hydrogens is 289 g/mol. The molecule has 2 aromatic heterocycles. The molecule has 0 saturated carbocycles. The standard InChI is InChI=1S/C13H13F3N2OS/c1-12(19,9-5-6-20-7-9)8-17-11-4-2-3-10(18-11)13(14,15)16/h2-7,19H,8H2,1H3,(H,17,18). The lowest BCUT2D eigenvalue weighted by atomic mass is 9.99. The lowest BCUT2D eigenvalue weighted by Crippen LogP contribution is -2.30. The molecule has 1 unspecified atom stereocenters. The summed E-state index contributed by atoms with van der Waals surface area (Å²) in [4.78, 5) is 3.48. The summed E-state index contributed by atoms with van der Waals surface area (Å²) in [5.41, 5.74) is -1.42. The van der Waals surface area contributed by atoms with E-state index in [1.807, 2.05) is 5.38 Å². The van der Waals surface area contributed by atoms with E-state index in [-0.39, 0.29) is 12.4 Å². The minimum atomic E-state index is -4.48. The van der Waals surface area contributed by atoms with Gasteiger partial charge in [0.15, 0.2) is 0 Å². The molecular formula is C13H13F3N2OS. The van der Waals surface area contributed by atoms with Crippen LogP contribution in [-0.4, -0.2) is 16.6 Å². The van der Waals surface area contributed by atoms with Gasteiger partial charge in [0.1, 0.15) is 17.1 Å². The molecule has 0 aromatic carbocycles. The van der Waals surface area contributed by atoms with Crippen LogP contribution in [-0.2, 0) is 11.8 Å². The topological polar surface area (TPSA) is 45.1 Å². The van der Waals surface area contributed by atoms with Crippen molar-refractivity contribution in [3.8, 4) is 0 Å². The zero-order chi connectivity index (χ0) is 14.8. The van der Waals surface area contributed by atoms with Crippen molar-refractivity contribution in [1.82, 2.24) is 4.98 Å². The van der Waals surface area contributed by atoms with E-state index in [2.05, 4.69) is 10.3 Å². The van der Waals surface area contributed by atoms with Gasteiger partial charge < -0.3 is 10.4 Å². The molecule has 2 rings (SSSR count). The Labute approximate surface area is 118 Å². The second kappa shape index (κ2) is 5.41. The van der Waals surface area contributed by atoms with Gasteiger partial charge in [-0.2, -0.15) is 24.5 Å². The minimum Gasteiger partial charge on any atom is -0.384 e. The van der Waals surface area contributed by atoms with E-state index in [1.165, 1.54) is 23.5 Å². The molecule has 2 heterocycles. The lowest BCUT2D eigenvalue weighted by Gasteiger charge is -2.23. The van der Waals surface area contributed by atoms with Crippen LogP contribution in [0.5, 0.6) is 0 Å². The predicted molar refractivity (Wildman–Crippen MR) is 71.6 cm³/mol. The maximum Gasteiger partial charge on any atom is 0.433 e. The Bertz CT molecular complexity index is 567. The lowest BCUT2D eigenvalue weighted by molar-refractivity contribution is -0.141. The first-order valence-corrected chi connectivity index (χ1v) is 6.76. The summed E-state index contributed by atoms with van der Waals surface area (Å²) in [5, 5.41) is 16.6. The monoisotopic (exact) mass is 302 g/mol. The van der Waals surface area contributed by atoms with E-state index in [0.717, 1.165) is 6.07 Å². The van der Waals surface area contributed by atoms with Gasteiger partial charge in [-0.15, -0.1) is 0 Å².